The molecule has 0 aliphatic rings. The molecule has 2 atom stereocenters. The maximum atomic E-state index is 11.0. The van der Waals surface area contributed by atoms with E-state index in [4.69, 9.17) is 10.8 Å². The molecule has 0 bridgehead atoms. The van der Waals surface area contributed by atoms with Crippen molar-refractivity contribution in [2.45, 2.75) is 33.1 Å². The van der Waals surface area contributed by atoms with Crippen molar-refractivity contribution >= 4 is 5.97 Å². The van der Waals surface area contributed by atoms with Gasteiger partial charge in [0.1, 0.15) is 0 Å². The summed E-state index contributed by atoms with van der Waals surface area (Å²) < 4.78 is 0. The topological polar surface area (TPSA) is 63.3 Å². The Balaban J connectivity index is 2.64. The van der Waals surface area contributed by atoms with E-state index in [1.165, 1.54) is 11.1 Å². The van der Waals surface area contributed by atoms with Crippen LogP contribution in [0.2, 0.25) is 0 Å². The largest absolute Gasteiger partial charge is 0.481 e. The quantitative estimate of drug-likeness (QED) is 0.780. The standard InChI is InChI=1S/C15H23NO2/c1-3-12(9-14(10-16)15(17)18)8-13-6-4-5-11(2)7-13/h4-7,12,14H,3,8-10,16H2,1-2H3,(H,17,18). The van der Waals surface area contributed by atoms with Gasteiger partial charge in [-0.2, -0.15) is 0 Å². The van der Waals surface area contributed by atoms with Gasteiger partial charge < -0.3 is 10.8 Å². The van der Waals surface area contributed by atoms with Crippen molar-refractivity contribution < 1.29 is 9.90 Å². The van der Waals surface area contributed by atoms with Gasteiger partial charge in [-0.25, -0.2) is 0 Å². The molecule has 18 heavy (non-hydrogen) atoms. The molecule has 3 heteroatoms. The lowest BCUT2D eigenvalue weighted by Gasteiger charge is -2.19. The van der Waals surface area contributed by atoms with Gasteiger partial charge in [0.15, 0.2) is 0 Å². The van der Waals surface area contributed by atoms with Crippen LogP contribution in [0.15, 0.2) is 24.3 Å². The van der Waals surface area contributed by atoms with Gasteiger partial charge in [-0.05, 0) is 31.2 Å². The minimum Gasteiger partial charge on any atom is -0.481 e. The fourth-order valence-electron chi connectivity index (χ4n) is 2.27. The summed E-state index contributed by atoms with van der Waals surface area (Å²) in [5, 5.41) is 9.05. The number of rotatable bonds is 7. The maximum absolute atomic E-state index is 11.0. The molecule has 3 N–H and O–H groups in total. The van der Waals surface area contributed by atoms with Crippen LogP contribution in [0.1, 0.15) is 30.9 Å². The van der Waals surface area contributed by atoms with E-state index in [1.807, 2.05) is 0 Å². The molecule has 0 saturated heterocycles. The molecule has 100 valence electrons. The molecule has 0 spiro atoms. The number of nitrogens with two attached hydrogens (primary N) is 1. The van der Waals surface area contributed by atoms with Crippen LogP contribution in [0.5, 0.6) is 0 Å². The first kappa shape index (κ1) is 14.7. The van der Waals surface area contributed by atoms with E-state index in [-0.39, 0.29) is 6.54 Å². The Morgan fingerprint density at radius 2 is 2.17 bits per heavy atom. The molecule has 0 aliphatic heterocycles. The first-order valence-corrected chi connectivity index (χ1v) is 6.55. The monoisotopic (exact) mass is 249 g/mol. The van der Waals surface area contributed by atoms with Crippen LogP contribution in [-0.4, -0.2) is 17.6 Å². The lowest BCUT2D eigenvalue weighted by molar-refractivity contribution is -0.142. The van der Waals surface area contributed by atoms with E-state index in [9.17, 15) is 4.79 Å². The zero-order valence-corrected chi connectivity index (χ0v) is 11.2. The Kier molecular flexibility index (Phi) is 5.86. The molecule has 0 fully saturated rings. The lowest BCUT2D eigenvalue weighted by atomic mass is 9.87. The average Bonchev–Trinajstić information content (AvgIpc) is 2.34. The van der Waals surface area contributed by atoms with E-state index in [2.05, 4.69) is 38.1 Å². The smallest absolute Gasteiger partial charge is 0.307 e. The second-order valence-electron chi connectivity index (χ2n) is 4.97. The summed E-state index contributed by atoms with van der Waals surface area (Å²) in [7, 11) is 0. The van der Waals surface area contributed by atoms with Crippen molar-refractivity contribution in [3.05, 3.63) is 35.4 Å². The molecule has 0 aliphatic carbocycles. The van der Waals surface area contributed by atoms with E-state index < -0.39 is 11.9 Å². The van der Waals surface area contributed by atoms with Crippen LogP contribution in [0.3, 0.4) is 0 Å². The minimum atomic E-state index is -0.778. The Hall–Kier alpha value is -1.35. The number of aliphatic carboxylic acids is 1. The number of aryl methyl sites for hydroxylation is 1. The Bertz CT molecular complexity index is 390. The van der Waals surface area contributed by atoms with Gasteiger partial charge >= 0.3 is 5.97 Å². The molecule has 1 rings (SSSR count). The molecule has 0 saturated carbocycles. The highest BCUT2D eigenvalue weighted by atomic mass is 16.4. The van der Waals surface area contributed by atoms with Crippen molar-refractivity contribution in [2.24, 2.45) is 17.6 Å². The third-order valence-corrected chi connectivity index (χ3v) is 3.44. The molecule has 0 heterocycles. The summed E-state index contributed by atoms with van der Waals surface area (Å²) in [6.07, 6.45) is 2.58. The second-order valence-corrected chi connectivity index (χ2v) is 4.97. The molecular formula is C15H23NO2. The minimum absolute atomic E-state index is 0.222. The first-order valence-electron chi connectivity index (χ1n) is 6.55. The maximum Gasteiger partial charge on any atom is 0.307 e. The third kappa shape index (κ3) is 4.49. The molecule has 1 aromatic carbocycles. The number of carbonyl (C=O) groups is 1. The van der Waals surface area contributed by atoms with Gasteiger partial charge in [0, 0.05) is 6.54 Å². The molecule has 0 amide bonds. The summed E-state index contributed by atoms with van der Waals surface area (Å²) in [4.78, 5) is 11.0. The van der Waals surface area contributed by atoms with Gasteiger partial charge in [0.25, 0.3) is 0 Å². The number of benzene rings is 1. The average molecular weight is 249 g/mol. The van der Waals surface area contributed by atoms with Crippen LogP contribution in [-0.2, 0) is 11.2 Å². The van der Waals surface area contributed by atoms with Gasteiger partial charge in [-0.15, -0.1) is 0 Å². The Labute approximate surface area is 109 Å². The Morgan fingerprint density at radius 1 is 1.44 bits per heavy atom. The van der Waals surface area contributed by atoms with Gasteiger partial charge in [0.2, 0.25) is 0 Å². The second kappa shape index (κ2) is 7.17. The molecule has 0 aromatic heterocycles. The Morgan fingerprint density at radius 3 is 2.67 bits per heavy atom. The highest BCUT2D eigenvalue weighted by Gasteiger charge is 2.20. The fraction of sp³-hybridized carbons (Fsp3) is 0.533. The summed E-state index contributed by atoms with van der Waals surface area (Å²) in [5.74, 6) is -0.809. The molecular weight excluding hydrogens is 226 g/mol. The molecule has 0 radical (unpaired) electrons. The highest BCUT2D eigenvalue weighted by molar-refractivity contribution is 5.70. The summed E-state index contributed by atoms with van der Waals surface area (Å²) in [5.41, 5.74) is 8.04. The van der Waals surface area contributed by atoms with Crippen molar-refractivity contribution in [1.82, 2.24) is 0 Å². The highest BCUT2D eigenvalue weighted by Crippen LogP contribution is 2.21. The van der Waals surface area contributed by atoms with E-state index in [0.717, 1.165) is 12.8 Å². The van der Waals surface area contributed by atoms with Crippen LogP contribution >= 0.6 is 0 Å². The van der Waals surface area contributed by atoms with Crippen LogP contribution in [0.4, 0.5) is 0 Å². The molecule has 1 aromatic rings. The zero-order valence-electron chi connectivity index (χ0n) is 11.2. The summed E-state index contributed by atoms with van der Waals surface area (Å²) >= 11 is 0. The SMILES string of the molecule is CCC(Cc1cccc(C)c1)CC(CN)C(=O)O. The van der Waals surface area contributed by atoms with E-state index in [0.29, 0.717) is 12.3 Å². The van der Waals surface area contributed by atoms with Crippen molar-refractivity contribution in [1.29, 1.82) is 0 Å². The zero-order chi connectivity index (χ0) is 13.5. The van der Waals surface area contributed by atoms with E-state index >= 15 is 0 Å². The number of carboxylic acid groups (broad SMARTS) is 1. The van der Waals surface area contributed by atoms with Crippen molar-refractivity contribution in [3.63, 3.8) is 0 Å². The number of carboxylic acids is 1. The predicted molar refractivity (Wildman–Crippen MR) is 73.5 cm³/mol. The van der Waals surface area contributed by atoms with Gasteiger partial charge in [-0.1, -0.05) is 43.2 Å². The fourth-order valence-corrected chi connectivity index (χ4v) is 2.27. The van der Waals surface area contributed by atoms with Gasteiger partial charge in [0.05, 0.1) is 5.92 Å². The van der Waals surface area contributed by atoms with Crippen molar-refractivity contribution in [3.8, 4) is 0 Å². The molecule has 3 nitrogen and oxygen atoms in total. The third-order valence-electron chi connectivity index (χ3n) is 3.44. The number of hydrogen-bond acceptors (Lipinski definition) is 2. The normalized spacial score (nSPS) is 14.2. The predicted octanol–water partition coefficient (Wildman–Crippen LogP) is 2.61. The summed E-state index contributed by atoms with van der Waals surface area (Å²) in [6.45, 7) is 4.40. The first-order chi connectivity index (χ1) is 8.56. The summed E-state index contributed by atoms with van der Waals surface area (Å²) in [6, 6.07) is 8.40. The lowest BCUT2D eigenvalue weighted by Crippen LogP contribution is -2.26. The van der Waals surface area contributed by atoms with Gasteiger partial charge in [-0.3, -0.25) is 4.79 Å². The van der Waals surface area contributed by atoms with E-state index in [1.54, 1.807) is 0 Å². The number of hydrogen-bond donors (Lipinski definition) is 2. The van der Waals surface area contributed by atoms with Crippen molar-refractivity contribution in [2.75, 3.05) is 6.54 Å². The van der Waals surface area contributed by atoms with Crippen LogP contribution in [0.25, 0.3) is 0 Å². The molecule has 2 unspecified atom stereocenters. The van der Waals surface area contributed by atoms with Crippen LogP contribution in [0, 0.1) is 18.8 Å². The van der Waals surface area contributed by atoms with Crippen LogP contribution < -0.4 is 5.73 Å².